The zero-order valence-electron chi connectivity index (χ0n) is 15.0. The van der Waals surface area contributed by atoms with Gasteiger partial charge in [-0.3, -0.25) is 4.79 Å². The van der Waals surface area contributed by atoms with Gasteiger partial charge in [-0.15, -0.1) is 0 Å². The number of para-hydroxylation sites is 1. The number of carbonyl (C=O) groups excluding carboxylic acids is 1. The van der Waals surface area contributed by atoms with Gasteiger partial charge in [0, 0.05) is 5.56 Å². The second-order valence-electron chi connectivity index (χ2n) is 6.39. The fourth-order valence-corrected chi connectivity index (χ4v) is 3.15. The van der Waals surface area contributed by atoms with Gasteiger partial charge in [0.05, 0.1) is 25.3 Å². The Kier molecular flexibility index (Phi) is 4.78. The minimum Gasteiger partial charge on any atom is -0.493 e. The number of fused-ring (bicyclic) bond motifs is 1. The second kappa shape index (κ2) is 7.53. The molecule has 2 heterocycles. The van der Waals surface area contributed by atoms with Crippen molar-refractivity contribution in [3.63, 3.8) is 0 Å². The molecule has 138 valence electrons. The summed E-state index contributed by atoms with van der Waals surface area (Å²) in [5.74, 6) is 1.66. The zero-order chi connectivity index (χ0) is 18.6. The molecule has 6 nitrogen and oxygen atoms in total. The topological polar surface area (TPSA) is 73.6 Å². The summed E-state index contributed by atoms with van der Waals surface area (Å²) in [7, 11) is 1.61. The van der Waals surface area contributed by atoms with E-state index in [0.717, 1.165) is 16.9 Å². The molecule has 1 aliphatic rings. The summed E-state index contributed by atoms with van der Waals surface area (Å²) in [6.45, 7) is 0.643. The highest BCUT2D eigenvalue weighted by atomic mass is 16.5. The van der Waals surface area contributed by atoms with Crippen LogP contribution in [0.2, 0.25) is 0 Å². The Labute approximate surface area is 157 Å². The van der Waals surface area contributed by atoms with Crippen molar-refractivity contribution in [2.24, 2.45) is 5.92 Å². The molecule has 2 aromatic carbocycles. The fraction of sp³-hybridized carbons (Fsp3) is 0.238. The minimum absolute atomic E-state index is 0.0623. The van der Waals surface area contributed by atoms with E-state index >= 15 is 0 Å². The molecule has 1 atom stereocenters. The highest BCUT2D eigenvalue weighted by Crippen LogP contribution is 2.36. The predicted octanol–water partition coefficient (Wildman–Crippen LogP) is 3.22. The van der Waals surface area contributed by atoms with Crippen LogP contribution >= 0.6 is 0 Å². The van der Waals surface area contributed by atoms with E-state index in [9.17, 15) is 4.79 Å². The molecule has 1 aliphatic heterocycles. The number of carbonyl (C=O) groups is 1. The van der Waals surface area contributed by atoms with Crippen LogP contribution in [-0.4, -0.2) is 24.6 Å². The van der Waals surface area contributed by atoms with E-state index in [1.54, 1.807) is 13.4 Å². The Hall–Kier alpha value is -3.28. The van der Waals surface area contributed by atoms with Crippen LogP contribution in [-0.2, 0) is 17.8 Å². The first-order valence-corrected chi connectivity index (χ1v) is 8.81. The summed E-state index contributed by atoms with van der Waals surface area (Å²) in [5.41, 5.74) is 2.57. The van der Waals surface area contributed by atoms with Crippen molar-refractivity contribution < 1.29 is 18.7 Å². The number of nitrogens with zero attached hydrogens (tertiary/aromatic N) is 1. The number of benzene rings is 2. The maximum absolute atomic E-state index is 12.5. The molecule has 27 heavy (non-hydrogen) atoms. The van der Waals surface area contributed by atoms with Crippen molar-refractivity contribution in [3.05, 3.63) is 66.1 Å². The number of rotatable bonds is 5. The standard InChI is InChI=1S/C21H20N2O4/c1-25-18-9-5-8-15-10-16(12-26-19(15)18)20(24)22-11-17-13-27-21(23-17)14-6-3-2-4-7-14/h2-9,13,16H,10-12H2,1H3,(H,22,24)/t16-/m0/s1. The summed E-state index contributed by atoms with van der Waals surface area (Å²) in [6.07, 6.45) is 2.19. The van der Waals surface area contributed by atoms with Crippen LogP contribution in [0.25, 0.3) is 11.5 Å². The van der Waals surface area contributed by atoms with Crippen LogP contribution in [0.15, 0.2) is 59.2 Å². The molecule has 0 saturated heterocycles. The molecule has 0 saturated carbocycles. The lowest BCUT2D eigenvalue weighted by Gasteiger charge is -2.25. The lowest BCUT2D eigenvalue weighted by atomic mass is 9.95. The van der Waals surface area contributed by atoms with Crippen molar-refractivity contribution in [1.82, 2.24) is 10.3 Å². The highest BCUT2D eigenvalue weighted by Gasteiger charge is 2.27. The second-order valence-corrected chi connectivity index (χ2v) is 6.39. The van der Waals surface area contributed by atoms with E-state index in [0.29, 0.717) is 36.9 Å². The van der Waals surface area contributed by atoms with E-state index in [2.05, 4.69) is 10.3 Å². The third-order valence-corrected chi connectivity index (χ3v) is 4.56. The van der Waals surface area contributed by atoms with Crippen LogP contribution < -0.4 is 14.8 Å². The molecule has 6 heteroatoms. The Bertz CT molecular complexity index is 936. The number of oxazole rings is 1. The van der Waals surface area contributed by atoms with Crippen LogP contribution in [0, 0.1) is 5.92 Å². The molecule has 0 unspecified atom stereocenters. The third-order valence-electron chi connectivity index (χ3n) is 4.56. The van der Waals surface area contributed by atoms with Crippen LogP contribution in [0.1, 0.15) is 11.3 Å². The molecule has 1 N–H and O–H groups in total. The van der Waals surface area contributed by atoms with Gasteiger partial charge in [0.15, 0.2) is 11.5 Å². The molecular weight excluding hydrogens is 344 g/mol. The number of ether oxygens (including phenoxy) is 2. The average molecular weight is 364 g/mol. The van der Waals surface area contributed by atoms with Crippen molar-refractivity contribution >= 4 is 5.91 Å². The van der Waals surface area contributed by atoms with E-state index in [4.69, 9.17) is 13.9 Å². The minimum atomic E-state index is -0.245. The summed E-state index contributed by atoms with van der Waals surface area (Å²) >= 11 is 0. The number of nitrogens with one attached hydrogen (secondary N) is 1. The van der Waals surface area contributed by atoms with Gasteiger partial charge in [0.2, 0.25) is 11.8 Å². The van der Waals surface area contributed by atoms with E-state index in [1.807, 2.05) is 48.5 Å². The molecule has 0 radical (unpaired) electrons. The maximum atomic E-state index is 12.5. The normalized spacial score (nSPS) is 15.5. The van der Waals surface area contributed by atoms with Crippen molar-refractivity contribution in [3.8, 4) is 23.0 Å². The summed E-state index contributed by atoms with van der Waals surface area (Å²) in [5, 5.41) is 2.92. The smallest absolute Gasteiger partial charge is 0.227 e. The number of hydrogen-bond donors (Lipinski definition) is 1. The van der Waals surface area contributed by atoms with Crippen molar-refractivity contribution in [2.75, 3.05) is 13.7 Å². The van der Waals surface area contributed by atoms with Gasteiger partial charge in [-0.25, -0.2) is 4.98 Å². The molecule has 1 amide bonds. The predicted molar refractivity (Wildman–Crippen MR) is 99.5 cm³/mol. The van der Waals surface area contributed by atoms with Gasteiger partial charge in [-0.2, -0.15) is 0 Å². The van der Waals surface area contributed by atoms with Crippen molar-refractivity contribution in [1.29, 1.82) is 0 Å². The van der Waals surface area contributed by atoms with Gasteiger partial charge < -0.3 is 19.2 Å². The lowest BCUT2D eigenvalue weighted by Crippen LogP contribution is -2.37. The van der Waals surface area contributed by atoms with Gasteiger partial charge in [-0.1, -0.05) is 30.3 Å². The van der Waals surface area contributed by atoms with Crippen LogP contribution in [0.5, 0.6) is 11.5 Å². The molecule has 4 rings (SSSR count). The van der Waals surface area contributed by atoms with Gasteiger partial charge in [0.1, 0.15) is 12.9 Å². The van der Waals surface area contributed by atoms with Crippen LogP contribution in [0.3, 0.4) is 0 Å². The number of methoxy groups -OCH3 is 1. The molecule has 0 fully saturated rings. The zero-order valence-corrected chi connectivity index (χ0v) is 15.0. The first-order chi connectivity index (χ1) is 13.2. The monoisotopic (exact) mass is 364 g/mol. The number of hydrogen-bond acceptors (Lipinski definition) is 5. The molecule has 1 aromatic heterocycles. The third kappa shape index (κ3) is 3.65. The van der Waals surface area contributed by atoms with Crippen LogP contribution in [0.4, 0.5) is 0 Å². The summed E-state index contributed by atoms with van der Waals surface area (Å²) < 4.78 is 16.6. The molecule has 0 bridgehead atoms. The van der Waals surface area contributed by atoms with E-state index in [-0.39, 0.29) is 11.8 Å². The quantitative estimate of drug-likeness (QED) is 0.752. The molecule has 0 spiro atoms. The average Bonchev–Trinajstić information content (AvgIpc) is 3.21. The number of aromatic nitrogens is 1. The first kappa shape index (κ1) is 17.1. The first-order valence-electron chi connectivity index (χ1n) is 8.81. The Morgan fingerprint density at radius 2 is 2.07 bits per heavy atom. The van der Waals surface area contributed by atoms with Gasteiger partial charge >= 0.3 is 0 Å². The molecule has 0 aliphatic carbocycles. The van der Waals surface area contributed by atoms with Gasteiger partial charge in [0.25, 0.3) is 0 Å². The Balaban J connectivity index is 1.37. The lowest BCUT2D eigenvalue weighted by molar-refractivity contribution is -0.126. The van der Waals surface area contributed by atoms with E-state index < -0.39 is 0 Å². The Morgan fingerprint density at radius 1 is 1.22 bits per heavy atom. The fourth-order valence-electron chi connectivity index (χ4n) is 3.15. The largest absolute Gasteiger partial charge is 0.493 e. The molecule has 3 aromatic rings. The summed E-state index contributed by atoms with van der Waals surface area (Å²) in [6, 6.07) is 15.4. The number of amides is 1. The SMILES string of the molecule is COc1cccc2c1OC[C@@H](C(=O)NCc1coc(-c3ccccc3)n1)C2. The summed E-state index contributed by atoms with van der Waals surface area (Å²) in [4.78, 5) is 17.0. The van der Waals surface area contributed by atoms with E-state index in [1.165, 1.54) is 0 Å². The van der Waals surface area contributed by atoms with Crippen molar-refractivity contribution in [2.45, 2.75) is 13.0 Å². The Morgan fingerprint density at radius 3 is 2.89 bits per heavy atom. The molecular formula is C21H20N2O4. The highest BCUT2D eigenvalue weighted by molar-refractivity contribution is 5.79. The van der Waals surface area contributed by atoms with Gasteiger partial charge in [-0.05, 0) is 30.2 Å². The maximum Gasteiger partial charge on any atom is 0.227 e.